The normalized spacial score (nSPS) is 10.9. The molecule has 1 rings (SSSR count). The first kappa shape index (κ1) is 14.5. The van der Waals surface area contributed by atoms with E-state index in [2.05, 4.69) is 4.98 Å². The molecule has 0 saturated heterocycles. The lowest BCUT2D eigenvalue weighted by atomic mass is 10.5. The van der Waals surface area contributed by atoms with Crippen LogP contribution in [0.4, 0.5) is 0 Å². The fraction of sp³-hybridized carbons (Fsp3) is 0.727. The van der Waals surface area contributed by atoms with E-state index in [9.17, 15) is 0 Å². The third kappa shape index (κ3) is 6.70. The van der Waals surface area contributed by atoms with Crippen molar-refractivity contribution < 1.29 is 14.2 Å². The van der Waals surface area contributed by atoms with Crippen molar-refractivity contribution in [2.45, 2.75) is 19.6 Å². The van der Waals surface area contributed by atoms with E-state index < -0.39 is 0 Å². The van der Waals surface area contributed by atoms with Crippen molar-refractivity contribution in [3.05, 3.63) is 16.1 Å². The maximum Gasteiger partial charge on any atom is 0.107 e. The lowest BCUT2D eigenvalue weighted by Crippen LogP contribution is -2.07. The summed E-state index contributed by atoms with van der Waals surface area (Å²) in [5, 5.41) is 2.92. The molecule has 1 heterocycles. The molecule has 1 aromatic heterocycles. The van der Waals surface area contributed by atoms with Crippen LogP contribution in [0.5, 0.6) is 0 Å². The first-order chi connectivity index (χ1) is 8.36. The largest absolute Gasteiger partial charge is 0.385 e. The van der Waals surface area contributed by atoms with Gasteiger partial charge < -0.3 is 19.9 Å². The van der Waals surface area contributed by atoms with E-state index in [-0.39, 0.29) is 0 Å². The van der Waals surface area contributed by atoms with Gasteiger partial charge in [-0.3, -0.25) is 0 Å². The Balaban J connectivity index is 1.93. The fourth-order valence-corrected chi connectivity index (χ4v) is 1.87. The van der Waals surface area contributed by atoms with Crippen LogP contribution in [-0.2, 0) is 27.4 Å². The predicted molar refractivity (Wildman–Crippen MR) is 67.0 cm³/mol. The summed E-state index contributed by atoms with van der Waals surface area (Å²) in [7, 11) is 1.69. The zero-order valence-corrected chi connectivity index (χ0v) is 11.0. The van der Waals surface area contributed by atoms with Crippen LogP contribution in [0.25, 0.3) is 0 Å². The second-order valence-corrected chi connectivity index (χ2v) is 4.39. The van der Waals surface area contributed by atoms with E-state index >= 15 is 0 Å². The minimum absolute atomic E-state index is 0.493. The monoisotopic (exact) mass is 260 g/mol. The average molecular weight is 260 g/mol. The predicted octanol–water partition coefficient (Wildman–Crippen LogP) is 1.17. The molecular weight excluding hydrogens is 240 g/mol. The number of thiazole rings is 1. The van der Waals surface area contributed by atoms with Gasteiger partial charge in [-0.1, -0.05) is 0 Å². The van der Waals surface area contributed by atoms with Crippen molar-refractivity contribution in [1.82, 2.24) is 4.98 Å². The SMILES string of the molecule is COCCCOCCOCc1csc(CN)n1. The van der Waals surface area contributed by atoms with Gasteiger partial charge in [0.15, 0.2) is 0 Å². The first-order valence-electron chi connectivity index (χ1n) is 5.64. The zero-order valence-electron chi connectivity index (χ0n) is 10.2. The molecule has 0 aliphatic heterocycles. The number of rotatable bonds is 10. The van der Waals surface area contributed by atoms with E-state index in [1.165, 1.54) is 0 Å². The van der Waals surface area contributed by atoms with E-state index in [0.717, 1.165) is 23.7 Å². The summed E-state index contributed by atoms with van der Waals surface area (Å²) in [6.07, 6.45) is 0.919. The molecule has 17 heavy (non-hydrogen) atoms. The molecule has 0 atom stereocenters. The smallest absolute Gasteiger partial charge is 0.107 e. The topological polar surface area (TPSA) is 66.6 Å². The van der Waals surface area contributed by atoms with Crippen molar-refractivity contribution in [2.75, 3.05) is 33.5 Å². The maximum absolute atomic E-state index is 5.47. The standard InChI is InChI=1S/C11H20N2O3S/c1-14-3-2-4-15-5-6-16-8-10-9-17-11(7-12)13-10/h9H,2-8,12H2,1H3. The molecule has 1 aromatic rings. The van der Waals surface area contributed by atoms with Crippen molar-refractivity contribution in [2.24, 2.45) is 5.73 Å². The molecule has 2 N–H and O–H groups in total. The summed E-state index contributed by atoms with van der Waals surface area (Å²) in [6.45, 7) is 3.66. The molecule has 0 aliphatic rings. The molecule has 0 bridgehead atoms. The number of nitrogens with zero attached hydrogens (tertiary/aromatic N) is 1. The van der Waals surface area contributed by atoms with Crippen LogP contribution in [-0.4, -0.2) is 38.5 Å². The molecular formula is C11H20N2O3S. The quantitative estimate of drug-likeness (QED) is 0.640. The number of aromatic nitrogens is 1. The van der Waals surface area contributed by atoms with Crippen molar-refractivity contribution in [3.8, 4) is 0 Å². The number of ether oxygens (including phenoxy) is 3. The summed E-state index contributed by atoms with van der Waals surface area (Å²) < 4.78 is 15.7. The first-order valence-corrected chi connectivity index (χ1v) is 6.52. The summed E-state index contributed by atoms with van der Waals surface area (Å²) in [5.41, 5.74) is 6.41. The van der Waals surface area contributed by atoms with Crippen LogP contribution < -0.4 is 5.73 Å². The van der Waals surface area contributed by atoms with Crippen LogP contribution in [0.3, 0.4) is 0 Å². The number of hydrogen-bond acceptors (Lipinski definition) is 6. The molecule has 0 aliphatic carbocycles. The Kier molecular flexibility index (Phi) is 8.12. The van der Waals surface area contributed by atoms with Gasteiger partial charge >= 0.3 is 0 Å². The molecule has 0 fully saturated rings. The van der Waals surface area contributed by atoms with Crippen LogP contribution in [0.1, 0.15) is 17.1 Å². The molecule has 0 unspecified atom stereocenters. The van der Waals surface area contributed by atoms with Gasteiger partial charge in [-0.25, -0.2) is 4.98 Å². The molecule has 6 heteroatoms. The molecule has 0 saturated carbocycles. The van der Waals surface area contributed by atoms with Crippen molar-refractivity contribution in [1.29, 1.82) is 0 Å². The summed E-state index contributed by atoms with van der Waals surface area (Å²) >= 11 is 1.57. The lowest BCUT2D eigenvalue weighted by Gasteiger charge is -2.04. The highest BCUT2D eigenvalue weighted by Gasteiger charge is 2.00. The highest BCUT2D eigenvalue weighted by atomic mass is 32.1. The molecule has 98 valence electrons. The van der Waals surface area contributed by atoms with Gasteiger partial charge in [-0.2, -0.15) is 0 Å². The van der Waals surface area contributed by atoms with Gasteiger partial charge in [0, 0.05) is 32.2 Å². The van der Waals surface area contributed by atoms with Crippen LogP contribution in [0.15, 0.2) is 5.38 Å². The second kappa shape index (κ2) is 9.49. The van der Waals surface area contributed by atoms with Gasteiger partial charge in [0.05, 0.1) is 25.5 Å². The summed E-state index contributed by atoms with van der Waals surface area (Å²) in [5.74, 6) is 0. The number of nitrogens with two attached hydrogens (primary N) is 1. The highest BCUT2D eigenvalue weighted by Crippen LogP contribution is 2.09. The van der Waals surface area contributed by atoms with Gasteiger partial charge in [-0.15, -0.1) is 11.3 Å². The van der Waals surface area contributed by atoms with Gasteiger partial charge in [0.25, 0.3) is 0 Å². The summed E-state index contributed by atoms with van der Waals surface area (Å²) in [4.78, 5) is 4.30. The molecule has 0 radical (unpaired) electrons. The van der Waals surface area contributed by atoms with Crippen LogP contribution >= 0.6 is 11.3 Å². The van der Waals surface area contributed by atoms with Gasteiger partial charge in [-0.05, 0) is 6.42 Å². The van der Waals surface area contributed by atoms with Crippen molar-refractivity contribution >= 4 is 11.3 Å². The van der Waals surface area contributed by atoms with Crippen LogP contribution in [0, 0.1) is 0 Å². The van der Waals surface area contributed by atoms with E-state index in [4.69, 9.17) is 19.9 Å². The Morgan fingerprint density at radius 3 is 2.76 bits per heavy atom. The lowest BCUT2D eigenvalue weighted by molar-refractivity contribution is 0.0328. The maximum atomic E-state index is 5.47. The molecule has 0 spiro atoms. The van der Waals surface area contributed by atoms with Gasteiger partial charge in [0.2, 0.25) is 0 Å². The van der Waals surface area contributed by atoms with Crippen molar-refractivity contribution in [3.63, 3.8) is 0 Å². The van der Waals surface area contributed by atoms with E-state index in [1.807, 2.05) is 5.38 Å². The second-order valence-electron chi connectivity index (χ2n) is 3.45. The average Bonchev–Trinajstić information content (AvgIpc) is 2.80. The van der Waals surface area contributed by atoms with Gasteiger partial charge in [0.1, 0.15) is 5.01 Å². The van der Waals surface area contributed by atoms with E-state index in [0.29, 0.717) is 33.0 Å². The minimum Gasteiger partial charge on any atom is -0.385 e. The highest BCUT2D eigenvalue weighted by molar-refractivity contribution is 7.09. The minimum atomic E-state index is 0.493. The Hall–Kier alpha value is -0.530. The Labute approximate surface area is 106 Å². The molecule has 5 nitrogen and oxygen atoms in total. The number of hydrogen-bond donors (Lipinski definition) is 1. The number of methoxy groups -OCH3 is 1. The summed E-state index contributed by atoms with van der Waals surface area (Å²) in [6, 6.07) is 0. The molecule has 0 amide bonds. The van der Waals surface area contributed by atoms with Crippen LogP contribution in [0.2, 0.25) is 0 Å². The Bertz CT molecular complexity index is 294. The van der Waals surface area contributed by atoms with E-state index in [1.54, 1.807) is 18.4 Å². The third-order valence-electron chi connectivity index (χ3n) is 2.03. The Morgan fingerprint density at radius 2 is 2.06 bits per heavy atom. The molecule has 0 aromatic carbocycles. The third-order valence-corrected chi connectivity index (χ3v) is 2.95. The fourth-order valence-electron chi connectivity index (χ4n) is 1.21. The zero-order chi connectivity index (χ0) is 12.3. The Morgan fingerprint density at radius 1 is 1.24 bits per heavy atom.